The molecule has 1 unspecified atom stereocenters. The molecule has 1 N–H and O–H groups in total. The predicted molar refractivity (Wildman–Crippen MR) is 70.5 cm³/mol. The molecule has 4 amide bonds. The summed E-state index contributed by atoms with van der Waals surface area (Å²) in [6, 6.07) is 7.90. The van der Waals surface area contributed by atoms with E-state index in [2.05, 4.69) is 5.32 Å². The van der Waals surface area contributed by atoms with Gasteiger partial charge in [0.2, 0.25) is 0 Å². The SMILES string of the molecule is C[S+](C)C1C(=O)NC(=O)N(c2ccccc2)C1=O. The van der Waals surface area contributed by atoms with Gasteiger partial charge in [-0.3, -0.25) is 14.9 Å². The Kier molecular flexibility index (Phi) is 3.38. The van der Waals surface area contributed by atoms with Gasteiger partial charge in [-0.05, 0) is 12.1 Å². The fourth-order valence-corrected chi connectivity index (χ4v) is 2.79. The second-order valence-electron chi connectivity index (χ2n) is 4.06. The Bertz CT molecular complexity index is 501. The smallest absolute Gasteiger partial charge is 0.272 e. The van der Waals surface area contributed by atoms with Gasteiger partial charge >= 0.3 is 6.03 Å². The monoisotopic (exact) mass is 265 g/mol. The number of para-hydroxylation sites is 1. The van der Waals surface area contributed by atoms with Crippen molar-refractivity contribution in [2.75, 3.05) is 17.4 Å². The van der Waals surface area contributed by atoms with Crippen LogP contribution in [-0.2, 0) is 20.5 Å². The molecule has 1 fully saturated rings. The van der Waals surface area contributed by atoms with Crippen LogP contribution in [-0.4, -0.2) is 35.6 Å². The number of amides is 4. The molecule has 0 radical (unpaired) electrons. The third-order valence-electron chi connectivity index (χ3n) is 2.60. The van der Waals surface area contributed by atoms with Crippen molar-refractivity contribution in [3.63, 3.8) is 0 Å². The number of urea groups is 1. The molecule has 1 aliphatic heterocycles. The van der Waals surface area contributed by atoms with Crippen molar-refractivity contribution < 1.29 is 14.4 Å². The topological polar surface area (TPSA) is 66.5 Å². The van der Waals surface area contributed by atoms with Gasteiger partial charge in [-0.2, -0.15) is 0 Å². The number of barbiturate groups is 1. The predicted octanol–water partition coefficient (Wildman–Crippen LogP) is 0.516. The molecule has 0 saturated carbocycles. The number of benzene rings is 1. The Morgan fingerprint density at radius 2 is 1.72 bits per heavy atom. The van der Waals surface area contributed by atoms with E-state index >= 15 is 0 Å². The van der Waals surface area contributed by atoms with E-state index in [1.54, 1.807) is 42.8 Å². The van der Waals surface area contributed by atoms with Crippen LogP contribution in [0.25, 0.3) is 0 Å². The minimum absolute atomic E-state index is 0.427. The lowest BCUT2D eigenvalue weighted by Gasteiger charge is -2.28. The maximum absolute atomic E-state index is 12.2. The van der Waals surface area contributed by atoms with Crippen LogP contribution in [0, 0.1) is 0 Å². The Hall–Kier alpha value is -1.82. The number of nitrogens with zero attached hydrogens (tertiary/aromatic N) is 1. The second-order valence-corrected chi connectivity index (χ2v) is 6.29. The number of rotatable bonds is 2. The zero-order valence-electron chi connectivity index (χ0n) is 10.0. The number of nitrogens with one attached hydrogen (secondary N) is 1. The number of anilines is 1. The lowest BCUT2D eigenvalue weighted by Crippen LogP contribution is -2.62. The first kappa shape index (κ1) is 12.6. The molecule has 2 rings (SSSR count). The van der Waals surface area contributed by atoms with Crippen LogP contribution in [0.3, 0.4) is 0 Å². The number of hydrogen-bond donors (Lipinski definition) is 1. The van der Waals surface area contributed by atoms with E-state index < -0.39 is 34.0 Å². The maximum atomic E-state index is 12.2. The number of imide groups is 2. The van der Waals surface area contributed by atoms with Crippen molar-refractivity contribution in [3.8, 4) is 0 Å². The minimum Gasteiger partial charge on any atom is -0.272 e. The lowest BCUT2D eigenvalue weighted by molar-refractivity contribution is -0.127. The third-order valence-corrected chi connectivity index (χ3v) is 3.96. The van der Waals surface area contributed by atoms with Crippen LogP contribution in [0.1, 0.15) is 0 Å². The highest BCUT2D eigenvalue weighted by atomic mass is 32.2. The highest BCUT2D eigenvalue weighted by molar-refractivity contribution is 7.97. The van der Waals surface area contributed by atoms with Gasteiger partial charge in [-0.15, -0.1) is 0 Å². The van der Waals surface area contributed by atoms with Crippen molar-refractivity contribution in [1.82, 2.24) is 5.32 Å². The largest absolute Gasteiger partial charge is 0.335 e. The molecule has 1 aliphatic rings. The fraction of sp³-hybridized carbons (Fsp3) is 0.250. The third kappa shape index (κ3) is 2.11. The van der Waals surface area contributed by atoms with Gasteiger partial charge in [0.1, 0.15) is 0 Å². The van der Waals surface area contributed by atoms with Crippen LogP contribution in [0.4, 0.5) is 10.5 Å². The van der Waals surface area contributed by atoms with E-state index in [1.807, 2.05) is 0 Å². The van der Waals surface area contributed by atoms with E-state index in [1.165, 1.54) is 0 Å². The summed E-state index contributed by atoms with van der Waals surface area (Å²) in [7, 11) is -0.427. The molecule has 1 atom stereocenters. The van der Waals surface area contributed by atoms with E-state index in [0.29, 0.717) is 5.69 Å². The van der Waals surface area contributed by atoms with Gasteiger partial charge < -0.3 is 0 Å². The molecule has 94 valence electrons. The van der Waals surface area contributed by atoms with E-state index in [4.69, 9.17) is 0 Å². The molecule has 1 aromatic carbocycles. The molecule has 1 aromatic rings. The molecule has 18 heavy (non-hydrogen) atoms. The van der Waals surface area contributed by atoms with Crippen molar-refractivity contribution >= 4 is 34.4 Å². The summed E-state index contributed by atoms with van der Waals surface area (Å²) in [6.07, 6.45) is 3.61. The van der Waals surface area contributed by atoms with Gasteiger partial charge in [-0.1, -0.05) is 18.2 Å². The summed E-state index contributed by atoms with van der Waals surface area (Å²) < 4.78 is 0. The van der Waals surface area contributed by atoms with Gasteiger partial charge in [0, 0.05) is 10.9 Å². The van der Waals surface area contributed by atoms with Crippen molar-refractivity contribution in [2.24, 2.45) is 0 Å². The first-order valence-corrected chi connectivity index (χ1v) is 7.43. The van der Waals surface area contributed by atoms with Crippen LogP contribution >= 0.6 is 0 Å². The maximum Gasteiger partial charge on any atom is 0.335 e. The van der Waals surface area contributed by atoms with Crippen LogP contribution in [0.2, 0.25) is 0 Å². The standard InChI is InChI=1S/C12H12N2O3S/c1-18(2)9-10(15)13-12(17)14(11(9)16)8-6-4-3-5-7-8/h3-7,9H,1-2H3/p+1. The number of hydrogen-bond acceptors (Lipinski definition) is 3. The fourth-order valence-electron chi connectivity index (χ4n) is 1.79. The molecule has 0 aromatic heterocycles. The van der Waals surface area contributed by atoms with Crippen LogP contribution in [0.15, 0.2) is 30.3 Å². The summed E-state index contributed by atoms with van der Waals surface area (Å²) in [5, 5.41) is 1.43. The van der Waals surface area contributed by atoms with E-state index in [0.717, 1.165) is 4.90 Å². The summed E-state index contributed by atoms with van der Waals surface area (Å²) >= 11 is 0. The first-order chi connectivity index (χ1) is 8.52. The summed E-state index contributed by atoms with van der Waals surface area (Å²) in [5.41, 5.74) is 0.475. The molecule has 1 heterocycles. The Labute approximate surface area is 108 Å². The van der Waals surface area contributed by atoms with Crippen molar-refractivity contribution in [3.05, 3.63) is 30.3 Å². The average Bonchev–Trinajstić information content (AvgIpc) is 2.28. The summed E-state index contributed by atoms with van der Waals surface area (Å²) in [6.45, 7) is 0. The molecule has 5 nitrogen and oxygen atoms in total. The molecular formula is C12H13N2O3S+. The van der Waals surface area contributed by atoms with Gasteiger partial charge in [0.15, 0.2) is 0 Å². The normalized spacial score (nSPS) is 20.3. The lowest BCUT2D eigenvalue weighted by atomic mass is 10.2. The number of carbonyl (C=O) groups is 3. The summed E-state index contributed by atoms with van der Waals surface area (Å²) in [5.74, 6) is -0.964. The highest BCUT2D eigenvalue weighted by Gasteiger charge is 2.48. The Morgan fingerprint density at radius 3 is 2.28 bits per heavy atom. The molecule has 0 aliphatic carbocycles. The molecule has 6 heteroatoms. The molecule has 0 bridgehead atoms. The number of carbonyl (C=O) groups excluding carboxylic acids is 3. The first-order valence-electron chi connectivity index (χ1n) is 5.32. The molecule has 1 saturated heterocycles. The van der Waals surface area contributed by atoms with Gasteiger partial charge in [0.25, 0.3) is 17.1 Å². The molecule has 0 spiro atoms. The zero-order valence-corrected chi connectivity index (χ0v) is 10.9. The van der Waals surface area contributed by atoms with Crippen LogP contribution < -0.4 is 10.2 Å². The molecular weight excluding hydrogens is 252 g/mol. The van der Waals surface area contributed by atoms with Crippen molar-refractivity contribution in [1.29, 1.82) is 0 Å². The van der Waals surface area contributed by atoms with E-state index in [9.17, 15) is 14.4 Å². The van der Waals surface area contributed by atoms with Gasteiger partial charge in [-0.25, -0.2) is 9.69 Å². The van der Waals surface area contributed by atoms with Crippen LogP contribution in [0.5, 0.6) is 0 Å². The Morgan fingerprint density at radius 1 is 1.11 bits per heavy atom. The second kappa shape index (κ2) is 4.81. The van der Waals surface area contributed by atoms with Crippen molar-refractivity contribution in [2.45, 2.75) is 5.25 Å². The quantitative estimate of drug-likeness (QED) is 0.626. The Balaban J connectivity index is 2.39. The minimum atomic E-state index is -0.789. The zero-order chi connectivity index (χ0) is 13.3. The van der Waals surface area contributed by atoms with Gasteiger partial charge in [0.05, 0.1) is 18.2 Å². The summed E-state index contributed by atoms with van der Waals surface area (Å²) in [4.78, 5) is 36.7. The van der Waals surface area contributed by atoms with E-state index in [-0.39, 0.29) is 0 Å². The highest BCUT2D eigenvalue weighted by Crippen LogP contribution is 2.20. The average molecular weight is 265 g/mol.